The molecule has 25 heavy (non-hydrogen) atoms. The molecule has 0 saturated heterocycles. The largest absolute Gasteiger partial charge is 0.493 e. The van der Waals surface area contributed by atoms with E-state index >= 15 is 0 Å². The van der Waals surface area contributed by atoms with Gasteiger partial charge in [0.05, 0.1) is 27.2 Å². The molecule has 1 unspecified atom stereocenters. The summed E-state index contributed by atoms with van der Waals surface area (Å²) in [5.41, 5.74) is 2.09. The monoisotopic (exact) mass is 341 g/mol. The predicted octanol–water partition coefficient (Wildman–Crippen LogP) is 2.61. The molecule has 0 saturated carbocycles. The molecule has 5 nitrogen and oxygen atoms in total. The van der Waals surface area contributed by atoms with Crippen LogP contribution in [-0.2, 0) is 17.6 Å². The molecule has 2 aromatic rings. The van der Waals surface area contributed by atoms with Crippen molar-refractivity contribution < 1.29 is 19.0 Å². The third kappa shape index (κ3) is 4.24. The predicted molar refractivity (Wildman–Crippen MR) is 95.4 cm³/mol. The van der Waals surface area contributed by atoms with Gasteiger partial charge in [0.2, 0.25) is 5.91 Å². The molecule has 0 fully saturated rings. The molecular weight excluding hydrogens is 318 g/mol. The Morgan fingerprint density at radius 1 is 1.16 bits per heavy atom. The number of amides is 1. The van der Waals surface area contributed by atoms with Crippen LogP contribution in [0.25, 0.3) is 0 Å². The van der Waals surface area contributed by atoms with Gasteiger partial charge in [-0.25, -0.2) is 0 Å². The number of ether oxygens (including phenoxy) is 3. The lowest BCUT2D eigenvalue weighted by Crippen LogP contribution is -2.35. The zero-order valence-electron chi connectivity index (χ0n) is 14.6. The van der Waals surface area contributed by atoms with Crippen LogP contribution < -0.4 is 19.5 Å². The number of methoxy groups -OCH3 is 2. The van der Waals surface area contributed by atoms with E-state index in [-0.39, 0.29) is 5.91 Å². The summed E-state index contributed by atoms with van der Waals surface area (Å²) in [4.78, 5) is 12.2. The smallest absolute Gasteiger partial charge is 0.224 e. The van der Waals surface area contributed by atoms with E-state index in [0.29, 0.717) is 37.0 Å². The Bertz CT molecular complexity index is 744. The highest BCUT2D eigenvalue weighted by Crippen LogP contribution is 2.28. The molecule has 0 aromatic heterocycles. The molecule has 0 aliphatic carbocycles. The van der Waals surface area contributed by atoms with Gasteiger partial charge in [-0.3, -0.25) is 4.79 Å². The first-order valence-corrected chi connectivity index (χ1v) is 8.38. The highest BCUT2D eigenvalue weighted by atomic mass is 16.5. The fraction of sp³-hybridized carbons (Fsp3) is 0.350. The quantitative estimate of drug-likeness (QED) is 0.877. The summed E-state index contributed by atoms with van der Waals surface area (Å²) < 4.78 is 16.2. The Labute approximate surface area is 147 Å². The number of carbonyl (C=O) groups is 1. The molecule has 0 radical (unpaired) electrons. The summed E-state index contributed by atoms with van der Waals surface area (Å²) in [5.74, 6) is 2.53. The summed E-state index contributed by atoms with van der Waals surface area (Å²) in [6.45, 7) is 1.24. The van der Waals surface area contributed by atoms with Crippen LogP contribution in [0.15, 0.2) is 42.5 Å². The fourth-order valence-electron chi connectivity index (χ4n) is 3.02. The Kier molecular flexibility index (Phi) is 5.43. The van der Waals surface area contributed by atoms with Gasteiger partial charge in [0.25, 0.3) is 0 Å². The third-order valence-corrected chi connectivity index (χ3v) is 4.36. The molecule has 0 bridgehead atoms. The number of rotatable bonds is 6. The van der Waals surface area contributed by atoms with Crippen LogP contribution in [0.5, 0.6) is 17.2 Å². The van der Waals surface area contributed by atoms with Crippen molar-refractivity contribution in [2.75, 3.05) is 27.4 Å². The molecular formula is C20H23NO4. The van der Waals surface area contributed by atoms with Gasteiger partial charge in [-0.15, -0.1) is 0 Å². The molecule has 5 heteroatoms. The van der Waals surface area contributed by atoms with E-state index in [9.17, 15) is 4.79 Å². The molecule has 1 atom stereocenters. The van der Waals surface area contributed by atoms with E-state index in [1.165, 1.54) is 5.56 Å². The average Bonchev–Trinajstić information content (AvgIpc) is 2.66. The third-order valence-electron chi connectivity index (χ3n) is 4.36. The average molecular weight is 341 g/mol. The first kappa shape index (κ1) is 17.1. The second-order valence-electron chi connectivity index (χ2n) is 6.16. The van der Waals surface area contributed by atoms with Crippen molar-refractivity contribution in [1.82, 2.24) is 5.32 Å². The van der Waals surface area contributed by atoms with Gasteiger partial charge < -0.3 is 19.5 Å². The molecule has 1 aliphatic rings. The number of hydrogen-bond acceptors (Lipinski definition) is 4. The molecule has 1 heterocycles. The van der Waals surface area contributed by atoms with Crippen molar-refractivity contribution in [3.63, 3.8) is 0 Å². The lowest BCUT2D eigenvalue weighted by atomic mass is 9.96. The van der Waals surface area contributed by atoms with Gasteiger partial charge in [-0.05, 0) is 35.7 Å². The normalized spacial score (nSPS) is 15.7. The lowest BCUT2D eigenvalue weighted by molar-refractivity contribution is -0.120. The van der Waals surface area contributed by atoms with E-state index in [1.807, 2.05) is 36.4 Å². The minimum atomic E-state index is -0.00826. The summed E-state index contributed by atoms with van der Waals surface area (Å²) in [5, 5.41) is 3.01. The zero-order chi connectivity index (χ0) is 17.6. The molecule has 132 valence electrons. The molecule has 1 amide bonds. The van der Waals surface area contributed by atoms with E-state index < -0.39 is 0 Å². The van der Waals surface area contributed by atoms with Crippen LogP contribution in [0.1, 0.15) is 11.1 Å². The number of fused-ring (bicyclic) bond motifs is 1. The SMILES string of the molecule is COc1ccc(CC(=O)NCC2COc3ccccc3C2)cc1OC. The van der Waals surface area contributed by atoms with Crippen LogP contribution in [0, 0.1) is 5.92 Å². The first-order chi connectivity index (χ1) is 12.2. The maximum Gasteiger partial charge on any atom is 0.224 e. The zero-order valence-corrected chi connectivity index (χ0v) is 14.6. The van der Waals surface area contributed by atoms with Gasteiger partial charge >= 0.3 is 0 Å². The van der Waals surface area contributed by atoms with Crippen molar-refractivity contribution in [1.29, 1.82) is 0 Å². The highest BCUT2D eigenvalue weighted by Gasteiger charge is 2.20. The minimum absolute atomic E-state index is 0.00826. The Morgan fingerprint density at radius 3 is 2.76 bits per heavy atom. The Morgan fingerprint density at radius 2 is 1.96 bits per heavy atom. The van der Waals surface area contributed by atoms with Gasteiger partial charge in [0.1, 0.15) is 5.75 Å². The second-order valence-corrected chi connectivity index (χ2v) is 6.16. The molecule has 1 N–H and O–H groups in total. The van der Waals surface area contributed by atoms with E-state index in [0.717, 1.165) is 17.7 Å². The summed E-state index contributed by atoms with van der Waals surface area (Å²) in [6.07, 6.45) is 1.23. The van der Waals surface area contributed by atoms with Crippen molar-refractivity contribution in [3.8, 4) is 17.2 Å². The Hall–Kier alpha value is -2.69. The van der Waals surface area contributed by atoms with Crippen LogP contribution in [0.4, 0.5) is 0 Å². The standard InChI is InChI=1S/C20H23NO4/c1-23-18-8-7-14(10-19(18)24-2)11-20(22)21-12-15-9-16-5-3-4-6-17(16)25-13-15/h3-8,10,15H,9,11-13H2,1-2H3,(H,21,22). The number of benzene rings is 2. The van der Waals surface area contributed by atoms with Crippen molar-refractivity contribution in [3.05, 3.63) is 53.6 Å². The fourth-order valence-corrected chi connectivity index (χ4v) is 3.02. The summed E-state index contributed by atoms with van der Waals surface area (Å²) >= 11 is 0. The maximum absolute atomic E-state index is 12.2. The molecule has 0 spiro atoms. The van der Waals surface area contributed by atoms with Crippen LogP contribution in [0.3, 0.4) is 0 Å². The highest BCUT2D eigenvalue weighted by molar-refractivity contribution is 5.78. The van der Waals surface area contributed by atoms with Crippen molar-refractivity contribution in [2.45, 2.75) is 12.8 Å². The second kappa shape index (κ2) is 7.92. The Balaban J connectivity index is 1.52. The first-order valence-electron chi connectivity index (χ1n) is 8.38. The van der Waals surface area contributed by atoms with Crippen molar-refractivity contribution in [2.24, 2.45) is 5.92 Å². The topological polar surface area (TPSA) is 56.8 Å². The summed E-state index contributed by atoms with van der Waals surface area (Å²) in [6, 6.07) is 13.6. The van der Waals surface area contributed by atoms with Crippen LogP contribution in [-0.4, -0.2) is 33.3 Å². The molecule has 3 rings (SSSR count). The van der Waals surface area contributed by atoms with Crippen LogP contribution in [0.2, 0.25) is 0 Å². The molecule has 1 aliphatic heterocycles. The van der Waals surface area contributed by atoms with Gasteiger partial charge in [-0.2, -0.15) is 0 Å². The van der Waals surface area contributed by atoms with Crippen LogP contribution >= 0.6 is 0 Å². The van der Waals surface area contributed by atoms with Gasteiger partial charge in [-0.1, -0.05) is 24.3 Å². The van der Waals surface area contributed by atoms with E-state index in [4.69, 9.17) is 14.2 Å². The number of hydrogen-bond donors (Lipinski definition) is 1. The number of para-hydroxylation sites is 1. The summed E-state index contributed by atoms with van der Waals surface area (Å²) in [7, 11) is 3.18. The minimum Gasteiger partial charge on any atom is -0.493 e. The van der Waals surface area contributed by atoms with Crippen molar-refractivity contribution >= 4 is 5.91 Å². The van der Waals surface area contributed by atoms with E-state index in [1.54, 1.807) is 14.2 Å². The van der Waals surface area contributed by atoms with Gasteiger partial charge in [0.15, 0.2) is 11.5 Å². The maximum atomic E-state index is 12.2. The van der Waals surface area contributed by atoms with Gasteiger partial charge in [0, 0.05) is 12.5 Å². The number of nitrogens with one attached hydrogen (secondary N) is 1. The number of carbonyl (C=O) groups excluding carboxylic acids is 1. The molecule has 2 aromatic carbocycles. The van der Waals surface area contributed by atoms with E-state index in [2.05, 4.69) is 11.4 Å². The lowest BCUT2D eigenvalue weighted by Gasteiger charge is -2.25.